The molecule has 8 nitrogen and oxygen atoms in total. The fourth-order valence-electron chi connectivity index (χ4n) is 4.06. The molecule has 188 valence electrons. The van der Waals surface area contributed by atoms with E-state index in [9.17, 15) is 25.3 Å². The molecule has 0 aromatic heterocycles. The summed E-state index contributed by atoms with van der Waals surface area (Å²) in [7, 11) is -11.7. The number of sulfone groups is 1. The van der Waals surface area contributed by atoms with Crippen molar-refractivity contribution >= 4 is 53.1 Å². The van der Waals surface area contributed by atoms with Gasteiger partial charge >= 0.3 is 0 Å². The molecular formula is C21H26Cl2N2O6S3. The van der Waals surface area contributed by atoms with Crippen LogP contribution >= 0.6 is 23.2 Å². The van der Waals surface area contributed by atoms with Gasteiger partial charge in [0.1, 0.15) is 0 Å². The number of aryl methyl sites for hydroxylation is 2. The lowest BCUT2D eigenvalue weighted by Gasteiger charge is -2.36. The van der Waals surface area contributed by atoms with E-state index in [0.29, 0.717) is 11.1 Å². The average Bonchev–Trinajstić information content (AvgIpc) is 3.01. The van der Waals surface area contributed by atoms with Crippen molar-refractivity contribution in [2.45, 2.75) is 42.5 Å². The molecule has 1 aliphatic rings. The van der Waals surface area contributed by atoms with E-state index < -0.39 is 35.4 Å². The maximum atomic E-state index is 13.7. The smallest absolute Gasteiger partial charge is 0.229 e. The van der Waals surface area contributed by atoms with Crippen LogP contribution in [0, 0.1) is 13.8 Å². The number of nitrogens with zero attached hydrogens (tertiary/aromatic N) is 1. The van der Waals surface area contributed by atoms with Gasteiger partial charge < -0.3 is 0 Å². The topological polar surface area (TPSA) is 118 Å². The van der Waals surface area contributed by atoms with Crippen molar-refractivity contribution in [1.29, 1.82) is 0 Å². The number of rotatable bonds is 8. The van der Waals surface area contributed by atoms with Gasteiger partial charge in [-0.1, -0.05) is 35.3 Å². The van der Waals surface area contributed by atoms with Crippen LogP contribution in [0.5, 0.6) is 0 Å². The van der Waals surface area contributed by atoms with E-state index >= 15 is 0 Å². The number of benzene rings is 2. The molecule has 0 aliphatic carbocycles. The minimum Gasteiger partial charge on any atom is -0.229 e. The zero-order valence-electron chi connectivity index (χ0n) is 18.9. The first-order chi connectivity index (χ1) is 15.6. The van der Waals surface area contributed by atoms with Gasteiger partial charge in [-0.25, -0.2) is 30.0 Å². The lowest BCUT2D eigenvalue weighted by molar-refractivity contribution is 0.236. The molecule has 0 radical (unpaired) electrons. The first-order valence-electron chi connectivity index (χ1n) is 10.3. The molecule has 0 spiro atoms. The van der Waals surface area contributed by atoms with E-state index in [1.54, 1.807) is 45.0 Å². The van der Waals surface area contributed by atoms with Crippen molar-refractivity contribution < 1.29 is 25.3 Å². The highest BCUT2D eigenvalue weighted by Crippen LogP contribution is 2.35. The molecule has 1 aliphatic heterocycles. The third kappa shape index (κ3) is 5.77. The first kappa shape index (κ1) is 27.4. The third-order valence-corrected chi connectivity index (χ3v) is 12.0. The van der Waals surface area contributed by atoms with Crippen LogP contribution in [0.2, 0.25) is 10.0 Å². The van der Waals surface area contributed by atoms with Crippen molar-refractivity contribution in [3.8, 4) is 0 Å². The van der Waals surface area contributed by atoms with Crippen molar-refractivity contribution in [2.75, 3.05) is 24.6 Å². The lowest BCUT2D eigenvalue weighted by Crippen LogP contribution is -2.53. The van der Waals surface area contributed by atoms with E-state index in [1.807, 2.05) is 0 Å². The number of hydrogen-bond acceptors (Lipinski definition) is 6. The summed E-state index contributed by atoms with van der Waals surface area (Å²) in [6.45, 7) is 4.24. The Balaban J connectivity index is 1.96. The Bertz CT molecular complexity index is 1430. The maximum absolute atomic E-state index is 13.7. The maximum Gasteiger partial charge on any atom is 0.243 e. The Morgan fingerprint density at radius 1 is 0.971 bits per heavy atom. The van der Waals surface area contributed by atoms with Gasteiger partial charge in [0.15, 0.2) is 9.84 Å². The molecule has 1 atom stereocenters. The van der Waals surface area contributed by atoms with E-state index in [4.69, 9.17) is 23.2 Å². The summed E-state index contributed by atoms with van der Waals surface area (Å²) in [6, 6.07) is 8.88. The van der Waals surface area contributed by atoms with Crippen molar-refractivity contribution in [3.63, 3.8) is 0 Å². The van der Waals surface area contributed by atoms with Crippen molar-refractivity contribution in [3.05, 3.63) is 57.6 Å². The summed E-state index contributed by atoms with van der Waals surface area (Å²) in [6.07, 6.45) is 0.0916. The van der Waals surface area contributed by atoms with Gasteiger partial charge in [-0.05, 0) is 62.6 Å². The molecule has 1 heterocycles. The predicted molar refractivity (Wildman–Crippen MR) is 133 cm³/mol. The molecule has 1 fully saturated rings. The quantitative estimate of drug-likeness (QED) is 0.522. The zero-order valence-corrected chi connectivity index (χ0v) is 22.8. The van der Waals surface area contributed by atoms with E-state index in [2.05, 4.69) is 4.72 Å². The summed E-state index contributed by atoms with van der Waals surface area (Å²) in [4.78, 5) is -0.0752. The minimum atomic E-state index is -4.22. The van der Waals surface area contributed by atoms with Gasteiger partial charge in [-0.15, -0.1) is 0 Å². The second-order valence-electron chi connectivity index (χ2n) is 8.63. The van der Waals surface area contributed by atoms with E-state index in [1.165, 1.54) is 12.1 Å². The highest BCUT2D eigenvalue weighted by Gasteiger charge is 2.48. The highest BCUT2D eigenvalue weighted by molar-refractivity contribution is 7.92. The Morgan fingerprint density at radius 2 is 1.50 bits per heavy atom. The van der Waals surface area contributed by atoms with Crippen LogP contribution in [0.4, 0.5) is 0 Å². The van der Waals surface area contributed by atoms with Crippen molar-refractivity contribution in [2.24, 2.45) is 0 Å². The monoisotopic (exact) mass is 568 g/mol. The molecule has 0 amide bonds. The first-order valence-corrected chi connectivity index (χ1v) is 15.8. The number of nitrogens with one attached hydrogen (secondary N) is 1. The summed E-state index contributed by atoms with van der Waals surface area (Å²) in [5.41, 5.74) is -0.331. The molecule has 0 bridgehead atoms. The van der Waals surface area contributed by atoms with Gasteiger partial charge in [0.05, 0.1) is 21.3 Å². The summed E-state index contributed by atoms with van der Waals surface area (Å²) >= 11 is 12.0. The molecule has 0 saturated carbocycles. The number of hydrogen-bond donors (Lipinski definition) is 1. The molecule has 0 unspecified atom stereocenters. The Labute approximate surface area is 211 Å². The average molecular weight is 570 g/mol. The summed E-state index contributed by atoms with van der Waals surface area (Å²) < 4.78 is 81.1. The highest BCUT2D eigenvalue weighted by atomic mass is 35.5. The third-order valence-electron chi connectivity index (χ3n) is 5.85. The molecule has 2 aromatic rings. The second-order valence-corrected chi connectivity index (χ2v) is 15.3. The normalized spacial score (nSPS) is 20.6. The molecular weight excluding hydrogens is 543 g/mol. The Hall–Kier alpha value is -1.21. The molecule has 1 saturated heterocycles. The van der Waals surface area contributed by atoms with Gasteiger partial charge in [-0.2, -0.15) is 4.31 Å². The van der Waals surface area contributed by atoms with Crippen LogP contribution in [-0.4, -0.2) is 59.7 Å². The van der Waals surface area contributed by atoms with Crippen molar-refractivity contribution in [1.82, 2.24) is 9.03 Å². The van der Waals surface area contributed by atoms with Crippen LogP contribution in [0.3, 0.4) is 0 Å². The van der Waals surface area contributed by atoms with Crippen LogP contribution in [0.1, 0.15) is 24.5 Å². The summed E-state index contributed by atoms with van der Waals surface area (Å²) in [5.74, 6) is -0.517. The minimum absolute atomic E-state index is 0.0188. The summed E-state index contributed by atoms with van der Waals surface area (Å²) in [5, 5.41) is 0.459. The number of halogens is 2. The molecule has 13 heteroatoms. The standard InChI is InChI=1S/C21H26Cl2N2O6S3/c1-15-4-6-17(22)12-19(15)33(28,29)24-9-10-25(21(3)8-11-32(26,27)14-21)34(30,31)20-13-18(23)7-5-16(20)2/h4-7,12-13,24H,8-11,14H2,1-3H3/t21-/m1/s1. The van der Waals surface area contributed by atoms with Crippen LogP contribution < -0.4 is 4.72 Å². The van der Waals surface area contributed by atoms with Crippen LogP contribution in [0.25, 0.3) is 0 Å². The fraction of sp³-hybridized carbons (Fsp3) is 0.429. The molecule has 1 N–H and O–H groups in total. The molecule has 34 heavy (non-hydrogen) atoms. The molecule has 2 aromatic carbocycles. The predicted octanol–water partition coefficient (Wildman–Crippen LogP) is 3.16. The largest absolute Gasteiger partial charge is 0.243 e. The Kier molecular flexibility index (Phi) is 7.80. The van der Waals surface area contributed by atoms with Crippen LogP contribution in [0.15, 0.2) is 46.2 Å². The lowest BCUT2D eigenvalue weighted by atomic mass is 10.0. The fourth-order valence-corrected chi connectivity index (χ4v) is 10.1. The van der Waals surface area contributed by atoms with Gasteiger partial charge in [0.2, 0.25) is 20.0 Å². The Morgan fingerprint density at radius 3 is 2.03 bits per heavy atom. The van der Waals surface area contributed by atoms with Gasteiger partial charge in [0.25, 0.3) is 0 Å². The van der Waals surface area contributed by atoms with Gasteiger partial charge in [0, 0.05) is 28.7 Å². The van der Waals surface area contributed by atoms with Crippen LogP contribution in [-0.2, 0) is 29.9 Å². The number of sulfonamides is 2. The SMILES string of the molecule is Cc1ccc(Cl)cc1S(=O)(=O)NCCN([C@]1(C)CCS(=O)(=O)C1)S(=O)(=O)c1cc(Cl)ccc1C. The zero-order chi connectivity index (χ0) is 25.5. The second kappa shape index (κ2) is 9.68. The van der Waals surface area contributed by atoms with Gasteiger partial charge in [-0.3, -0.25) is 0 Å². The van der Waals surface area contributed by atoms with E-state index in [-0.39, 0.29) is 50.9 Å². The van der Waals surface area contributed by atoms with E-state index in [0.717, 1.165) is 4.31 Å². The molecule has 3 rings (SSSR count).